The van der Waals surface area contributed by atoms with Gasteiger partial charge in [-0.25, -0.2) is 0 Å². The Hall–Kier alpha value is -0.0600. The molecule has 1 aromatic carbocycles. The van der Waals surface area contributed by atoms with E-state index < -0.39 is 0 Å². The van der Waals surface area contributed by atoms with Crippen molar-refractivity contribution in [3.05, 3.63) is 26.6 Å². The Morgan fingerprint density at radius 1 is 1.10 bits per heavy atom. The zero-order valence-corrected chi connectivity index (χ0v) is 15.3. The summed E-state index contributed by atoms with van der Waals surface area (Å²) in [5, 5.41) is 3.49. The minimum Gasteiger partial charge on any atom is -0.364 e. The highest BCUT2D eigenvalue weighted by atomic mass is 79.9. The Kier molecular flexibility index (Phi) is 4.44. The van der Waals surface area contributed by atoms with E-state index in [0.29, 0.717) is 18.1 Å². The maximum absolute atomic E-state index is 3.79. The Labute approximate surface area is 138 Å². The number of aryl methyl sites for hydroxylation is 1. The number of hydrogen-bond acceptors (Lipinski definition) is 2. The second-order valence-corrected chi connectivity index (χ2v) is 7.89. The third-order valence-corrected chi connectivity index (χ3v) is 6.01. The van der Waals surface area contributed by atoms with E-state index in [1.807, 2.05) is 0 Å². The molecule has 2 nitrogen and oxygen atoms in total. The average Bonchev–Trinajstić information content (AvgIpc) is 2.36. The van der Waals surface area contributed by atoms with Crippen LogP contribution in [0.5, 0.6) is 0 Å². The molecule has 2 aliphatic rings. The maximum Gasteiger partial charge on any atom is 0.0660 e. The molecule has 0 spiro atoms. The van der Waals surface area contributed by atoms with Gasteiger partial charge >= 0.3 is 0 Å². The molecule has 1 N–H and O–H groups in total. The summed E-state index contributed by atoms with van der Waals surface area (Å²) < 4.78 is 2.45. The third-order valence-electron chi connectivity index (χ3n) is 4.80. The number of piperidine rings is 2. The summed E-state index contributed by atoms with van der Waals surface area (Å²) in [6.07, 6.45) is 6.55. The SMILES string of the molecule is CNC1CC2CCCC(C1)N2c1c(Br)cc(C)cc1Br. The van der Waals surface area contributed by atoms with Gasteiger partial charge < -0.3 is 10.2 Å². The van der Waals surface area contributed by atoms with Crippen molar-refractivity contribution in [1.29, 1.82) is 0 Å². The molecule has 0 aliphatic carbocycles. The van der Waals surface area contributed by atoms with Crippen molar-refractivity contribution in [2.45, 2.75) is 57.2 Å². The van der Waals surface area contributed by atoms with Crippen LogP contribution in [-0.4, -0.2) is 25.2 Å². The quantitative estimate of drug-likeness (QED) is 0.776. The Bertz CT molecular complexity index is 466. The molecule has 2 aliphatic heterocycles. The van der Waals surface area contributed by atoms with Crippen LogP contribution in [0.1, 0.15) is 37.7 Å². The van der Waals surface area contributed by atoms with Gasteiger partial charge in [0.15, 0.2) is 0 Å². The molecule has 4 heteroatoms. The van der Waals surface area contributed by atoms with Crippen LogP contribution in [0.25, 0.3) is 0 Å². The van der Waals surface area contributed by atoms with Crippen LogP contribution in [0, 0.1) is 6.92 Å². The summed E-state index contributed by atoms with van der Waals surface area (Å²) in [5.41, 5.74) is 2.66. The summed E-state index contributed by atoms with van der Waals surface area (Å²) in [5.74, 6) is 0. The van der Waals surface area contributed by atoms with Crippen molar-refractivity contribution in [3.8, 4) is 0 Å². The van der Waals surface area contributed by atoms with E-state index in [-0.39, 0.29) is 0 Å². The Balaban J connectivity index is 1.98. The van der Waals surface area contributed by atoms with Crippen molar-refractivity contribution in [2.75, 3.05) is 11.9 Å². The zero-order chi connectivity index (χ0) is 14.3. The van der Waals surface area contributed by atoms with Crippen molar-refractivity contribution in [3.63, 3.8) is 0 Å². The van der Waals surface area contributed by atoms with Crippen molar-refractivity contribution in [2.24, 2.45) is 0 Å². The van der Waals surface area contributed by atoms with Gasteiger partial charge in [-0.05, 0) is 95.6 Å². The lowest BCUT2D eigenvalue weighted by atomic mass is 9.81. The molecule has 2 unspecified atom stereocenters. The molecule has 0 amide bonds. The van der Waals surface area contributed by atoms with E-state index in [9.17, 15) is 0 Å². The highest BCUT2D eigenvalue weighted by Crippen LogP contribution is 2.44. The molecule has 2 heterocycles. The highest BCUT2D eigenvalue weighted by Gasteiger charge is 2.39. The predicted octanol–water partition coefficient (Wildman–Crippen LogP) is 4.63. The van der Waals surface area contributed by atoms with E-state index in [2.05, 4.69) is 68.2 Å². The molecule has 0 aromatic heterocycles. The number of hydrogen-bond donors (Lipinski definition) is 1. The molecule has 2 saturated heterocycles. The number of fused-ring (bicyclic) bond motifs is 2. The molecule has 3 rings (SSSR count). The second kappa shape index (κ2) is 5.98. The Morgan fingerprint density at radius 3 is 2.15 bits per heavy atom. The summed E-state index contributed by atoms with van der Waals surface area (Å²) in [6, 6.07) is 6.51. The van der Waals surface area contributed by atoms with Gasteiger partial charge in [-0.1, -0.05) is 0 Å². The number of nitrogens with zero attached hydrogens (tertiary/aromatic N) is 1. The van der Waals surface area contributed by atoms with Crippen LogP contribution in [0.4, 0.5) is 5.69 Å². The minimum absolute atomic E-state index is 0.676. The maximum atomic E-state index is 3.79. The number of anilines is 1. The first-order chi connectivity index (χ1) is 9.60. The van der Waals surface area contributed by atoms with Gasteiger partial charge in [-0.2, -0.15) is 0 Å². The van der Waals surface area contributed by atoms with Crippen LogP contribution in [0.2, 0.25) is 0 Å². The van der Waals surface area contributed by atoms with Crippen LogP contribution >= 0.6 is 31.9 Å². The van der Waals surface area contributed by atoms with Crippen LogP contribution in [0.3, 0.4) is 0 Å². The summed E-state index contributed by atoms with van der Waals surface area (Å²) in [4.78, 5) is 2.69. The van der Waals surface area contributed by atoms with E-state index in [1.54, 1.807) is 0 Å². The molecule has 20 heavy (non-hydrogen) atoms. The summed E-state index contributed by atoms with van der Waals surface area (Å²) in [7, 11) is 2.10. The molecule has 2 bridgehead atoms. The summed E-state index contributed by atoms with van der Waals surface area (Å²) >= 11 is 7.57. The lowest BCUT2D eigenvalue weighted by Crippen LogP contribution is -2.56. The Morgan fingerprint density at radius 2 is 1.65 bits per heavy atom. The standard InChI is InChI=1S/C16H22Br2N2/c1-10-6-14(17)16(15(18)7-10)20-12-4-3-5-13(20)9-11(8-12)19-2/h6-7,11-13,19H,3-5,8-9H2,1-2H3. The van der Waals surface area contributed by atoms with Gasteiger partial charge in [0, 0.05) is 27.1 Å². The lowest BCUT2D eigenvalue weighted by Gasteiger charge is -2.51. The monoisotopic (exact) mass is 400 g/mol. The largest absolute Gasteiger partial charge is 0.364 e. The molecular formula is C16H22Br2N2. The van der Waals surface area contributed by atoms with Gasteiger partial charge in [0.25, 0.3) is 0 Å². The second-order valence-electron chi connectivity index (χ2n) is 6.18. The topological polar surface area (TPSA) is 15.3 Å². The van der Waals surface area contributed by atoms with Gasteiger partial charge in [0.1, 0.15) is 0 Å². The summed E-state index contributed by atoms with van der Waals surface area (Å²) in [6.45, 7) is 2.15. The fraction of sp³-hybridized carbons (Fsp3) is 0.625. The molecule has 2 atom stereocenters. The van der Waals surface area contributed by atoms with Gasteiger partial charge in [-0.3, -0.25) is 0 Å². The zero-order valence-electron chi connectivity index (χ0n) is 12.1. The first-order valence-electron chi connectivity index (χ1n) is 7.51. The van der Waals surface area contributed by atoms with E-state index in [0.717, 1.165) is 0 Å². The van der Waals surface area contributed by atoms with E-state index in [1.165, 1.54) is 52.3 Å². The third kappa shape index (κ3) is 2.67. The molecule has 110 valence electrons. The number of nitrogens with one attached hydrogen (secondary N) is 1. The molecular weight excluding hydrogens is 380 g/mol. The first kappa shape index (κ1) is 14.9. The van der Waals surface area contributed by atoms with E-state index in [4.69, 9.17) is 0 Å². The molecule has 1 aromatic rings. The lowest BCUT2D eigenvalue weighted by molar-refractivity contribution is 0.252. The van der Waals surface area contributed by atoms with Crippen molar-refractivity contribution < 1.29 is 0 Å². The molecule has 2 fully saturated rings. The van der Waals surface area contributed by atoms with Gasteiger partial charge in [-0.15, -0.1) is 0 Å². The van der Waals surface area contributed by atoms with Crippen molar-refractivity contribution in [1.82, 2.24) is 5.32 Å². The number of benzene rings is 1. The van der Waals surface area contributed by atoms with Gasteiger partial charge in [0.05, 0.1) is 5.69 Å². The van der Waals surface area contributed by atoms with E-state index >= 15 is 0 Å². The first-order valence-corrected chi connectivity index (χ1v) is 9.10. The highest BCUT2D eigenvalue weighted by molar-refractivity contribution is 9.11. The minimum atomic E-state index is 0.676. The fourth-order valence-corrected chi connectivity index (χ4v) is 5.75. The van der Waals surface area contributed by atoms with Crippen LogP contribution in [-0.2, 0) is 0 Å². The normalized spacial score (nSPS) is 29.6. The predicted molar refractivity (Wildman–Crippen MR) is 92.6 cm³/mol. The number of rotatable bonds is 2. The molecule has 0 saturated carbocycles. The number of halogens is 2. The van der Waals surface area contributed by atoms with Gasteiger partial charge in [0.2, 0.25) is 0 Å². The van der Waals surface area contributed by atoms with Crippen molar-refractivity contribution >= 4 is 37.5 Å². The fourth-order valence-electron chi connectivity index (χ4n) is 3.92. The van der Waals surface area contributed by atoms with Crippen LogP contribution < -0.4 is 10.2 Å². The van der Waals surface area contributed by atoms with Crippen LogP contribution in [0.15, 0.2) is 21.1 Å². The average molecular weight is 402 g/mol. The smallest absolute Gasteiger partial charge is 0.0660 e. The molecule has 0 radical (unpaired) electrons.